The monoisotopic (exact) mass is 277 g/mol. The third kappa shape index (κ3) is 3.45. The molecule has 0 spiro atoms. The van der Waals surface area contributed by atoms with Gasteiger partial charge in [-0.1, -0.05) is 26.8 Å². The van der Waals surface area contributed by atoms with Crippen molar-refractivity contribution in [3.8, 4) is 11.5 Å². The quantitative estimate of drug-likeness (QED) is 0.891. The number of methoxy groups -OCH3 is 1. The summed E-state index contributed by atoms with van der Waals surface area (Å²) in [6.45, 7) is 7.81. The van der Waals surface area contributed by atoms with Gasteiger partial charge in [0.1, 0.15) is 17.6 Å². The molecule has 0 aliphatic heterocycles. The number of benzene rings is 1. The number of hydrogen-bond acceptors (Lipinski definition) is 3. The van der Waals surface area contributed by atoms with E-state index >= 15 is 0 Å². The highest BCUT2D eigenvalue weighted by Crippen LogP contribution is 2.37. The molecule has 0 aromatic heterocycles. The maximum atomic E-state index is 6.26. The minimum atomic E-state index is 0.228. The Balaban J connectivity index is 2.12. The minimum absolute atomic E-state index is 0.228. The average molecular weight is 277 g/mol. The van der Waals surface area contributed by atoms with Gasteiger partial charge in [0.25, 0.3) is 0 Å². The Kier molecular flexibility index (Phi) is 4.92. The average Bonchev–Trinajstić information content (AvgIpc) is 2.43. The van der Waals surface area contributed by atoms with Gasteiger partial charge in [0.2, 0.25) is 0 Å². The molecule has 1 aromatic rings. The van der Waals surface area contributed by atoms with E-state index in [-0.39, 0.29) is 11.5 Å². The van der Waals surface area contributed by atoms with E-state index in [4.69, 9.17) is 9.47 Å². The molecule has 0 saturated heterocycles. The van der Waals surface area contributed by atoms with Gasteiger partial charge in [-0.15, -0.1) is 0 Å². The molecule has 0 bridgehead atoms. The van der Waals surface area contributed by atoms with Crippen LogP contribution in [0.25, 0.3) is 0 Å². The summed E-state index contributed by atoms with van der Waals surface area (Å²) >= 11 is 0. The van der Waals surface area contributed by atoms with Crippen LogP contribution in [-0.2, 0) is 0 Å². The summed E-state index contributed by atoms with van der Waals surface area (Å²) < 4.78 is 11.5. The Hall–Kier alpha value is -1.22. The van der Waals surface area contributed by atoms with Crippen LogP contribution >= 0.6 is 0 Å². The van der Waals surface area contributed by atoms with Gasteiger partial charge in [0.15, 0.2) is 0 Å². The molecule has 112 valence electrons. The van der Waals surface area contributed by atoms with Crippen LogP contribution in [0.4, 0.5) is 0 Å². The van der Waals surface area contributed by atoms with Crippen LogP contribution in [-0.4, -0.2) is 25.8 Å². The number of nitrogens with one attached hydrogen (secondary N) is 1. The third-order valence-electron chi connectivity index (χ3n) is 4.28. The lowest BCUT2D eigenvalue weighted by atomic mass is 9.71. The molecule has 1 aliphatic carbocycles. The fraction of sp³-hybridized carbons (Fsp3) is 0.647. The molecule has 1 aromatic carbocycles. The van der Waals surface area contributed by atoms with E-state index in [2.05, 4.69) is 26.1 Å². The lowest BCUT2D eigenvalue weighted by molar-refractivity contribution is 0.0371. The summed E-state index contributed by atoms with van der Waals surface area (Å²) in [5, 5.41) is 3.62. The number of likely N-dealkylation sites (N-methyl/N-ethyl adjacent to an activating group) is 1. The highest BCUT2D eigenvalue weighted by Gasteiger charge is 2.39. The van der Waals surface area contributed by atoms with Crippen LogP contribution in [0.1, 0.15) is 40.0 Å². The normalized spacial score (nSPS) is 25.2. The van der Waals surface area contributed by atoms with E-state index in [0.717, 1.165) is 24.5 Å². The Morgan fingerprint density at radius 2 is 2.05 bits per heavy atom. The maximum Gasteiger partial charge on any atom is 0.123 e. The fourth-order valence-corrected chi connectivity index (χ4v) is 3.19. The predicted octanol–water partition coefficient (Wildman–Crippen LogP) is 3.63. The van der Waals surface area contributed by atoms with Crippen molar-refractivity contribution in [2.75, 3.05) is 13.7 Å². The van der Waals surface area contributed by atoms with Crippen LogP contribution in [0.15, 0.2) is 24.3 Å². The summed E-state index contributed by atoms with van der Waals surface area (Å²) in [5.74, 6) is 1.74. The summed E-state index contributed by atoms with van der Waals surface area (Å²) in [5.41, 5.74) is 0.276. The summed E-state index contributed by atoms with van der Waals surface area (Å²) in [6, 6.07) is 8.29. The van der Waals surface area contributed by atoms with Crippen LogP contribution in [0, 0.1) is 5.41 Å². The highest BCUT2D eigenvalue weighted by molar-refractivity contribution is 5.33. The summed E-state index contributed by atoms with van der Waals surface area (Å²) in [7, 11) is 1.68. The second-order valence-corrected chi connectivity index (χ2v) is 6.25. The van der Waals surface area contributed by atoms with Gasteiger partial charge in [0, 0.05) is 12.1 Å². The zero-order valence-corrected chi connectivity index (χ0v) is 13.1. The smallest absolute Gasteiger partial charge is 0.123 e. The van der Waals surface area contributed by atoms with E-state index in [1.165, 1.54) is 12.8 Å². The van der Waals surface area contributed by atoms with Crippen molar-refractivity contribution < 1.29 is 9.47 Å². The van der Waals surface area contributed by atoms with Crippen LogP contribution < -0.4 is 14.8 Å². The SMILES string of the molecule is CCNC1C(Oc2cccc(OC)c2)CCCC1(C)C. The Morgan fingerprint density at radius 3 is 2.75 bits per heavy atom. The molecule has 0 amide bonds. The largest absolute Gasteiger partial charge is 0.497 e. The topological polar surface area (TPSA) is 30.5 Å². The van der Waals surface area contributed by atoms with Gasteiger partial charge in [-0.25, -0.2) is 0 Å². The summed E-state index contributed by atoms with van der Waals surface area (Å²) in [4.78, 5) is 0. The molecule has 2 atom stereocenters. The molecule has 20 heavy (non-hydrogen) atoms. The first-order chi connectivity index (χ1) is 9.56. The van der Waals surface area contributed by atoms with Gasteiger partial charge < -0.3 is 14.8 Å². The molecular formula is C17H27NO2. The minimum Gasteiger partial charge on any atom is -0.497 e. The zero-order chi connectivity index (χ0) is 14.6. The van der Waals surface area contributed by atoms with E-state index in [1.54, 1.807) is 7.11 Å². The molecule has 1 N–H and O–H groups in total. The van der Waals surface area contributed by atoms with Crippen molar-refractivity contribution in [2.24, 2.45) is 5.41 Å². The van der Waals surface area contributed by atoms with Gasteiger partial charge in [-0.3, -0.25) is 0 Å². The number of hydrogen-bond donors (Lipinski definition) is 1. The highest BCUT2D eigenvalue weighted by atomic mass is 16.5. The molecule has 1 fully saturated rings. The maximum absolute atomic E-state index is 6.26. The standard InChI is InChI=1S/C17H27NO2/c1-5-18-16-15(10-7-11-17(16,2)3)20-14-9-6-8-13(12-14)19-4/h6,8-9,12,15-16,18H,5,7,10-11H2,1-4H3. The number of ether oxygens (including phenoxy) is 2. The van der Waals surface area contributed by atoms with Gasteiger partial charge in [-0.2, -0.15) is 0 Å². The van der Waals surface area contributed by atoms with E-state index < -0.39 is 0 Å². The summed E-state index contributed by atoms with van der Waals surface area (Å²) in [6.07, 6.45) is 3.82. The van der Waals surface area contributed by atoms with Gasteiger partial charge in [0.05, 0.1) is 7.11 Å². The molecule has 1 aliphatic rings. The van der Waals surface area contributed by atoms with Crippen LogP contribution in [0.5, 0.6) is 11.5 Å². The third-order valence-corrected chi connectivity index (χ3v) is 4.28. The molecule has 0 radical (unpaired) electrons. The van der Waals surface area contributed by atoms with Crippen molar-refractivity contribution in [2.45, 2.75) is 52.2 Å². The van der Waals surface area contributed by atoms with Crippen molar-refractivity contribution in [3.63, 3.8) is 0 Å². The molecular weight excluding hydrogens is 250 g/mol. The van der Waals surface area contributed by atoms with E-state index in [9.17, 15) is 0 Å². The van der Waals surface area contributed by atoms with Crippen molar-refractivity contribution in [1.82, 2.24) is 5.32 Å². The van der Waals surface area contributed by atoms with E-state index in [0.29, 0.717) is 6.04 Å². The lowest BCUT2D eigenvalue weighted by Crippen LogP contribution is -2.54. The molecule has 2 rings (SSSR count). The predicted molar refractivity (Wildman–Crippen MR) is 82.5 cm³/mol. The molecule has 2 unspecified atom stereocenters. The van der Waals surface area contributed by atoms with Crippen LogP contribution in [0.3, 0.4) is 0 Å². The van der Waals surface area contributed by atoms with Gasteiger partial charge >= 0.3 is 0 Å². The van der Waals surface area contributed by atoms with Crippen molar-refractivity contribution in [1.29, 1.82) is 0 Å². The molecule has 3 nitrogen and oxygen atoms in total. The molecule has 1 saturated carbocycles. The van der Waals surface area contributed by atoms with Crippen LogP contribution in [0.2, 0.25) is 0 Å². The Labute approximate surface area is 122 Å². The number of rotatable bonds is 5. The van der Waals surface area contributed by atoms with Crippen molar-refractivity contribution >= 4 is 0 Å². The Bertz CT molecular complexity index is 431. The first-order valence-electron chi connectivity index (χ1n) is 7.61. The second kappa shape index (κ2) is 6.49. The first-order valence-corrected chi connectivity index (χ1v) is 7.61. The fourth-order valence-electron chi connectivity index (χ4n) is 3.19. The lowest BCUT2D eigenvalue weighted by Gasteiger charge is -2.44. The second-order valence-electron chi connectivity index (χ2n) is 6.25. The first kappa shape index (κ1) is 15.2. The van der Waals surface area contributed by atoms with Gasteiger partial charge in [-0.05, 0) is 43.4 Å². The zero-order valence-electron chi connectivity index (χ0n) is 13.1. The molecule has 0 heterocycles. The van der Waals surface area contributed by atoms with E-state index in [1.807, 2.05) is 24.3 Å². The van der Waals surface area contributed by atoms with Crippen molar-refractivity contribution in [3.05, 3.63) is 24.3 Å². The molecule has 3 heteroatoms. The Morgan fingerprint density at radius 1 is 1.30 bits per heavy atom.